The van der Waals surface area contributed by atoms with Gasteiger partial charge in [0.25, 0.3) is 0 Å². The first-order valence-electron chi connectivity index (χ1n) is 9.83. The Kier molecular flexibility index (Phi) is 4.50. The summed E-state index contributed by atoms with van der Waals surface area (Å²) in [5.74, 6) is 2.08. The standard InChI is InChI=1S/C22H24N4S/c1-2-27-22-23-20-11-7-6-10-19(20)21(24-22)26-17-12-13-25(26)18(15-17)14-16-8-4-3-5-9-16/h3-11,17-18H,2,12-15H2,1H3. The molecule has 2 aliphatic heterocycles. The van der Waals surface area contributed by atoms with Crippen molar-refractivity contribution in [2.24, 2.45) is 0 Å². The quantitative estimate of drug-likeness (QED) is 0.482. The first-order chi connectivity index (χ1) is 13.3. The van der Waals surface area contributed by atoms with Crippen LogP contribution in [0.3, 0.4) is 0 Å². The van der Waals surface area contributed by atoms with Gasteiger partial charge < -0.3 is 0 Å². The van der Waals surface area contributed by atoms with E-state index < -0.39 is 0 Å². The molecule has 3 aromatic rings. The number of aromatic nitrogens is 2. The number of hydrogen-bond donors (Lipinski definition) is 0. The summed E-state index contributed by atoms with van der Waals surface area (Å²) in [4.78, 5) is 9.75. The van der Waals surface area contributed by atoms with Gasteiger partial charge >= 0.3 is 0 Å². The molecule has 2 bridgehead atoms. The van der Waals surface area contributed by atoms with Crippen LogP contribution >= 0.6 is 11.8 Å². The lowest BCUT2D eigenvalue weighted by Gasteiger charge is -2.30. The summed E-state index contributed by atoms with van der Waals surface area (Å²) in [7, 11) is 0. The van der Waals surface area contributed by atoms with E-state index in [-0.39, 0.29) is 0 Å². The molecule has 1 aromatic heterocycles. The molecule has 2 saturated heterocycles. The molecular weight excluding hydrogens is 352 g/mol. The Hall–Kier alpha value is -2.11. The molecular formula is C22H24N4S. The largest absolute Gasteiger partial charge is 0.285 e. The van der Waals surface area contributed by atoms with Gasteiger partial charge in [-0.05, 0) is 42.7 Å². The van der Waals surface area contributed by atoms with Crippen LogP contribution in [0.15, 0.2) is 59.8 Å². The number of rotatable bonds is 5. The van der Waals surface area contributed by atoms with Gasteiger partial charge in [0.05, 0.1) is 11.6 Å². The van der Waals surface area contributed by atoms with E-state index in [0.29, 0.717) is 12.1 Å². The van der Waals surface area contributed by atoms with Gasteiger partial charge in [0, 0.05) is 18.0 Å². The zero-order valence-corrected chi connectivity index (χ0v) is 16.4. The van der Waals surface area contributed by atoms with Crippen LogP contribution in [0.5, 0.6) is 0 Å². The second-order valence-corrected chi connectivity index (χ2v) is 8.54. The molecule has 0 aliphatic carbocycles. The average Bonchev–Trinajstić information content (AvgIpc) is 3.26. The summed E-state index contributed by atoms with van der Waals surface area (Å²) in [6.45, 7) is 3.28. The Morgan fingerprint density at radius 1 is 1.04 bits per heavy atom. The third kappa shape index (κ3) is 3.09. The fourth-order valence-corrected chi connectivity index (χ4v) is 5.08. The number of piperidine rings is 1. The summed E-state index contributed by atoms with van der Waals surface area (Å²) >= 11 is 1.72. The second-order valence-electron chi connectivity index (χ2n) is 7.31. The predicted molar refractivity (Wildman–Crippen MR) is 112 cm³/mol. The normalized spacial score (nSPS) is 24.0. The van der Waals surface area contributed by atoms with Crippen LogP contribution in [0.4, 0.5) is 5.82 Å². The minimum atomic E-state index is 0.552. The number of hydrazine groups is 1. The van der Waals surface area contributed by atoms with Crippen LogP contribution in [0.25, 0.3) is 10.9 Å². The summed E-state index contributed by atoms with van der Waals surface area (Å²) in [5.41, 5.74) is 2.47. The molecule has 2 aliphatic rings. The Balaban J connectivity index is 1.51. The van der Waals surface area contributed by atoms with Crippen molar-refractivity contribution in [3.63, 3.8) is 0 Å². The third-order valence-electron chi connectivity index (χ3n) is 5.65. The highest BCUT2D eigenvalue weighted by atomic mass is 32.2. The van der Waals surface area contributed by atoms with Crippen molar-refractivity contribution < 1.29 is 0 Å². The molecule has 3 unspecified atom stereocenters. The van der Waals surface area contributed by atoms with Crippen molar-refractivity contribution in [1.29, 1.82) is 0 Å². The van der Waals surface area contributed by atoms with Crippen LogP contribution in [0.1, 0.15) is 25.3 Å². The van der Waals surface area contributed by atoms with Crippen LogP contribution in [0, 0.1) is 0 Å². The topological polar surface area (TPSA) is 32.3 Å². The maximum atomic E-state index is 4.99. The molecule has 0 saturated carbocycles. The molecule has 3 atom stereocenters. The fraction of sp³-hybridized carbons (Fsp3) is 0.364. The SMILES string of the molecule is CCSc1nc(N2C3CCN2C(Cc2ccccc2)C3)c2ccccc2n1. The molecule has 2 fully saturated rings. The molecule has 0 N–H and O–H groups in total. The van der Waals surface area contributed by atoms with Crippen LogP contribution in [-0.4, -0.2) is 39.4 Å². The summed E-state index contributed by atoms with van der Waals surface area (Å²) < 4.78 is 0. The highest BCUT2D eigenvalue weighted by Gasteiger charge is 2.45. The molecule has 5 rings (SSSR count). The number of benzene rings is 2. The molecule has 0 amide bonds. The van der Waals surface area contributed by atoms with E-state index in [1.54, 1.807) is 11.8 Å². The Morgan fingerprint density at radius 2 is 1.85 bits per heavy atom. The Labute approximate surface area is 164 Å². The number of anilines is 1. The lowest BCUT2D eigenvalue weighted by molar-refractivity contribution is 0.247. The minimum absolute atomic E-state index is 0.552. The van der Waals surface area contributed by atoms with Crippen LogP contribution < -0.4 is 5.01 Å². The van der Waals surface area contributed by atoms with E-state index in [9.17, 15) is 0 Å². The summed E-state index contributed by atoms with van der Waals surface area (Å²) in [5, 5.41) is 7.10. The molecule has 27 heavy (non-hydrogen) atoms. The minimum Gasteiger partial charge on any atom is -0.285 e. The maximum absolute atomic E-state index is 4.99. The molecule has 3 heterocycles. The fourth-order valence-electron chi connectivity index (χ4n) is 4.51. The number of fused-ring (bicyclic) bond motifs is 3. The van der Waals surface area contributed by atoms with Crippen molar-refractivity contribution >= 4 is 28.5 Å². The first kappa shape index (κ1) is 17.0. The lowest BCUT2D eigenvalue weighted by Crippen LogP contribution is -2.39. The number of thioether (sulfide) groups is 1. The summed E-state index contributed by atoms with van der Waals surface area (Å²) in [6.07, 6.45) is 3.54. The van der Waals surface area contributed by atoms with Crippen molar-refractivity contribution in [2.45, 2.75) is 43.4 Å². The number of para-hydroxylation sites is 1. The molecule has 2 aromatic carbocycles. The van der Waals surface area contributed by atoms with Crippen LogP contribution in [-0.2, 0) is 6.42 Å². The smallest absolute Gasteiger partial charge is 0.190 e. The molecule has 0 radical (unpaired) electrons. The van der Waals surface area contributed by atoms with Crippen molar-refractivity contribution in [1.82, 2.24) is 15.0 Å². The second kappa shape index (κ2) is 7.13. The zero-order valence-electron chi connectivity index (χ0n) is 15.6. The number of nitrogens with zero attached hydrogens (tertiary/aromatic N) is 4. The Morgan fingerprint density at radius 3 is 2.70 bits per heavy atom. The molecule has 5 heteroatoms. The average molecular weight is 377 g/mol. The highest BCUT2D eigenvalue weighted by molar-refractivity contribution is 7.99. The van der Waals surface area contributed by atoms with Gasteiger partial charge in [0.15, 0.2) is 11.0 Å². The first-order valence-corrected chi connectivity index (χ1v) is 10.8. The van der Waals surface area contributed by atoms with E-state index in [2.05, 4.69) is 71.5 Å². The van der Waals surface area contributed by atoms with Gasteiger partial charge in [-0.2, -0.15) is 0 Å². The highest BCUT2D eigenvalue weighted by Crippen LogP contribution is 2.41. The van der Waals surface area contributed by atoms with E-state index in [4.69, 9.17) is 9.97 Å². The van der Waals surface area contributed by atoms with Crippen molar-refractivity contribution in [3.05, 3.63) is 60.2 Å². The van der Waals surface area contributed by atoms with Crippen molar-refractivity contribution in [2.75, 3.05) is 17.3 Å². The van der Waals surface area contributed by atoms with Gasteiger partial charge in [0.1, 0.15) is 0 Å². The molecule has 138 valence electrons. The third-order valence-corrected chi connectivity index (χ3v) is 6.38. The lowest BCUT2D eigenvalue weighted by atomic mass is 9.97. The Bertz CT molecular complexity index is 945. The maximum Gasteiger partial charge on any atom is 0.190 e. The van der Waals surface area contributed by atoms with Gasteiger partial charge in [-0.3, -0.25) is 5.01 Å². The molecule has 4 nitrogen and oxygen atoms in total. The van der Waals surface area contributed by atoms with E-state index in [1.165, 1.54) is 18.4 Å². The van der Waals surface area contributed by atoms with E-state index >= 15 is 0 Å². The van der Waals surface area contributed by atoms with Gasteiger partial charge in [-0.15, -0.1) is 0 Å². The van der Waals surface area contributed by atoms with Crippen LogP contribution in [0.2, 0.25) is 0 Å². The monoisotopic (exact) mass is 376 g/mol. The number of hydrogen-bond acceptors (Lipinski definition) is 5. The van der Waals surface area contributed by atoms with Gasteiger partial charge in [-0.1, -0.05) is 61.2 Å². The van der Waals surface area contributed by atoms with E-state index in [1.807, 2.05) is 0 Å². The van der Waals surface area contributed by atoms with Gasteiger partial charge in [0.2, 0.25) is 0 Å². The van der Waals surface area contributed by atoms with Crippen molar-refractivity contribution in [3.8, 4) is 0 Å². The zero-order chi connectivity index (χ0) is 18.2. The molecule has 0 spiro atoms. The predicted octanol–water partition coefficient (Wildman–Crippen LogP) is 4.55. The van der Waals surface area contributed by atoms with E-state index in [0.717, 1.165) is 40.6 Å². The summed E-state index contributed by atoms with van der Waals surface area (Å²) in [6, 6.07) is 20.4. The van der Waals surface area contributed by atoms with Gasteiger partial charge in [-0.25, -0.2) is 15.0 Å².